The Morgan fingerprint density at radius 1 is 1.57 bits per heavy atom. The van der Waals surface area contributed by atoms with E-state index in [1.54, 1.807) is 0 Å². The van der Waals surface area contributed by atoms with Gasteiger partial charge in [0, 0.05) is 5.75 Å². The van der Waals surface area contributed by atoms with Gasteiger partial charge in [0.05, 0.1) is 0 Å². The summed E-state index contributed by atoms with van der Waals surface area (Å²) in [6.45, 7) is 6.28. The molecular formula is C8H14N4OS. The highest BCUT2D eigenvalue weighted by Gasteiger charge is 2.13. The maximum Gasteiger partial charge on any atom is 0.304 e. The number of hydrogen-bond donors (Lipinski definition) is 1. The van der Waals surface area contributed by atoms with Gasteiger partial charge in [0.15, 0.2) is 5.03 Å². The van der Waals surface area contributed by atoms with Crippen molar-refractivity contribution in [2.24, 2.45) is 5.41 Å². The first-order chi connectivity index (χ1) is 6.40. The van der Waals surface area contributed by atoms with Gasteiger partial charge in [-0.3, -0.25) is 4.79 Å². The summed E-state index contributed by atoms with van der Waals surface area (Å²) >= 11 is 1.38. The van der Waals surface area contributed by atoms with Crippen LogP contribution in [-0.4, -0.2) is 20.6 Å². The van der Waals surface area contributed by atoms with Crippen LogP contribution in [0.4, 0.5) is 0 Å². The molecular weight excluding hydrogens is 200 g/mol. The highest BCUT2D eigenvalue weighted by molar-refractivity contribution is 7.99. The van der Waals surface area contributed by atoms with Crippen LogP contribution in [0.25, 0.3) is 0 Å². The number of nitrogens with two attached hydrogens (primary N) is 1. The molecule has 0 unspecified atom stereocenters. The van der Waals surface area contributed by atoms with Crippen molar-refractivity contribution in [3.05, 3.63) is 16.7 Å². The Balaban J connectivity index is 2.78. The van der Waals surface area contributed by atoms with Crippen LogP contribution in [0.2, 0.25) is 0 Å². The molecule has 0 aliphatic rings. The van der Waals surface area contributed by atoms with Crippen LogP contribution < -0.4 is 11.4 Å². The van der Waals surface area contributed by atoms with E-state index < -0.39 is 0 Å². The number of nitrogens with zero attached hydrogens (tertiary/aromatic N) is 3. The lowest BCUT2D eigenvalue weighted by atomic mass is 10.0. The fraction of sp³-hybridized carbons (Fsp3) is 0.625. The Bertz CT molecular complexity index is 368. The van der Waals surface area contributed by atoms with Gasteiger partial charge in [-0.2, -0.15) is 0 Å². The van der Waals surface area contributed by atoms with Crippen molar-refractivity contribution in [3.8, 4) is 0 Å². The molecule has 78 valence electrons. The van der Waals surface area contributed by atoms with E-state index in [0.717, 1.165) is 10.4 Å². The van der Waals surface area contributed by atoms with Crippen LogP contribution >= 0.6 is 11.8 Å². The molecule has 0 spiro atoms. The van der Waals surface area contributed by atoms with Crippen LogP contribution in [0.15, 0.2) is 16.1 Å². The van der Waals surface area contributed by atoms with Crippen LogP contribution in [0.3, 0.4) is 0 Å². The standard InChI is InChI=1S/C8H14N4OS/c1-8(2,3)4-14-6-7(13)12(9)5-10-11-6/h5H,4,9H2,1-3H3. The van der Waals surface area contributed by atoms with Crippen LogP contribution in [0, 0.1) is 5.41 Å². The largest absolute Gasteiger partial charge is 0.335 e. The zero-order valence-electron chi connectivity index (χ0n) is 8.52. The predicted molar refractivity (Wildman–Crippen MR) is 56.6 cm³/mol. The van der Waals surface area contributed by atoms with Crippen molar-refractivity contribution in [3.63, 3.8) is 0 Å². The molecule has 14 heavy (non-hydrogen) atoms. The summed E-state index contributed by atoms with van der Waals surface area (Å²) in [5.74, 6) is 6.15. The Morgan fingerprint density at radius 2 is 2.21 bits per heavy atom. The molecule has 0 aromatic carbocycles. The molecule has 6 heteroatoms. The van der Waals surface area contributed by atoms with E-state index in [-0.39, 0.29) is 11.0 Å². The minimum Gasteiger partial charge on any atom is -0.335 e. The van der Waals surface area contributed by atoms with E-state index in [2.05, 4.69) is 31.0 Å². The lowest BCUT2D eigenvalue weighted by Gasteiger charge is -2.16. The van der Waals surface area contributed by atoms with Crippen LogP contribution in [-0.2, 0) is 0 Å². The Kier molecular flexibility index (Phi) is 3.15. The van der Waals surface area contributed by atoms with E-state index in [1.807, 2.05) is 0 Å². The molecule has 0 fully saturated rings. The lowest BCUT2D eigenvalue weighted by molar-refractivity contribution is 0.480. The maximum absolute atomic E-state index is 11.4. The Labute approximate surface area is 86.7 Å². The third kappa shape index (κ3) is 3.02. The van der Waals surface area contributed by atoms with Gasteiger partial charge >= 0.3 is 5.56 Å². The third-order valence-corrected chi connectivity index (χ3v) is 2.92. The average molecular weight is 214 g/mol. The number of hydrogen-bond acceptors (Lipinski definition) is 5. The molecule has 0 saturated carbocycles. The summed E-state index contributed by atoms with van der Waals surface area (Å²) in [6, 6.07) is 0. The highest BCUT2D eigenvalue weighted by Crippen LogP contribution is 2.23. The van der Waals surface area contributed by atoms with Gasteiger partial charge in [-0.05, 0) is 5.41 Å². The quantitative estimate of drug-likeness (QED) is 0.573. The molecule has 5 nitrogen and oxygen atoms in total. The van der Waals surface area contributed by atoms with Crippen LogP contribution in [0.1, 0.15) is 20.8 Å². The van der Waals surface area contributed by atoms with Crippen molar-refractivity contribution in [2.45, 2.75) is 25.8 Å². The summed E-state index contributed by atoms with van der Waals surface area (Å²) in [7, 11) is 0. The maximum atomic E-state index is 11.4. The van der Waals surface area contributed by atoms with Gasteiger partial charge in [0.25, 0.3) is 0 Å². The molecule has 0 amide bonds. The van der Waals surface area contributed by atoms with Gasteiger partial charge in [-0.25, -0.2) is 4.68 Å². The average Bonchev–Trinajstić information content (AvgIpc) is 2.06. The molecule has 0 radical (unpaired) electrons. The van der Waals surface area contributed by atoms with Crippen molar-refractivity contribution in [1.29, 1.82) is 0 Å². The molecule has 1 heterocycles. The topological polar surface area (TPSA) is 73.8 Å². The number of rotatable bonds is 2. The van der Waals surface area contributed by atoms with Crippen molar-refractivity contribution >= 4 is 11.8 Å². The summed E-state index contributed by atoms with van der Waals surface area (Å²) < 4.78 is 0.942. The molecule has 1 rings (SSSR count). The smallest absolute Gasteiger partial charge is 0.304 e. The minimum absolute atomic E-state index is 0.147. The summed E-state index contributed by atoms with van der Waals surface area (Å²) in [5.41, 5.74) is -0.150. The van der Waals surface area contributed by atoms with Crippen molar-refractivity contribution < 1.29 is 0 Å². The normalized spacial score (nSPS) is 11.6. The van der Waals surface area contributed by atoms with Gasteiger partial charge in [-0.1, -0.05) is 32.5 Å². The number of nitrogen functional groups attached to an aromatic ring is 1. The molecule has 1 aromatic heterocycles. The second-order valence-electron chi connectivity index (χ2n) is 4.20. The summed E-state index contributed by atoms with van der Waals surface area (Å²) in [4.78, 5) is 11.4. The molecule has 0 aliphatic heterocycles. The monoisotopic (exact) mass is 214 g/mol. The Morgan fingerprint density at radius 3 is 2.79 bits per heavy atom. The Hall–Kier alpha value is -1.04. The first-order valence-corrected chi connectivity index (χ1v) is 5.21. The first kappa shape index (κ1) is 11.0. The molecule has 0 saturated heterocycles. The summed E-state index contributed by atoms with van der Waals surface area (Å²) in [5, 5.41) is 7.71. The van der Waals surface area contributed by atoms with Gasteiger partial charge in [0.1, 0.15) is 6.33 Å². The molecule has 0 atom stereocenters. The zero-order chi connectivity index (χ0) is 10.8. The van der Waals surface area contributed by atoms with Gasteiger partial charge < -0.3 is 5.84 Å². The highest BCUT2D eigenvalue weighted by atomic mass is 32.2. The van der Waals surface area contributed by atoms with E-state index in [9.17, 15) is 4.79 Å². The van der Waals surface area contributed by atoms with Crippen molar-refractivity contribution in [2.75, 3.05) is 11.6 Å². The minimum atomic E-state index is -0.297. The van der Waals surface area contributed by atoms with Gasteiger partial charge in [-0.15, -0.1) is 10.2 Å². The number of aromatic nitrogens is 3. The second-order valence-corrected chi connectivity index (χ2v) is 5.16. The van der Waals surface area contributed by atoms with E-state index in [4.69, 9.17) is 5.84 Å². The van der Waals surface area contributed by atoms with E-state index >= 15 is 0 Å². The second kappa shape index (κ2) is 4.00. The molecule has 0 bridgehead atoms. The third-order valence-electron chi connectivity index (χ3n) is 1.38. The SMILES string of the molecule is CC(C)(C)CSc1nncn(N)c1=O. The van der Waals surface area contributed by atoms with Gasteiger partial charge in [0.2, 0.25) is 0 Å². The van der Waals surface area contributed by atoms with E-state index in [1.165, 1.54) is 18.1 Å². The lowest BCUT2D eigenvalue weighted by Crippen LogP contribution is -2.29. The van der Waals surface area contributed by atoms with Crippen LogP contribution in [0.5, 0.6) is 0 Å². The fourth-order valence-corrected chi connectivity index (χ4v) is 1.62. The molecule has 2 N–H and O–H groups in total. The first-order valence-electron chi connectivity index (χ1n) is 4.22. The fourth-order valence-electron chi connectivity index (χ4n) is 0.715. The zero-order valence-corrected chi connectivity index (χ0v) is 9.34. The molecule has 0 aliphatic carbocycles. The summed E-state index contributed by atoms with van der Waals surface area (Å²) in [6.07, 6.45) is 1.20. The molecule has 1 aromatic rings. The van der Waals surface area contributed by atoms with E-state index in [0.29, 0.717) is 5.03 Å². The predicted octanol–water partition coefficient (Wildman–Crippen LogP) is 0.490. The van der Waals surface area contributed by atoms with Crippen molar-refractivity contribution in [1.82, 2.24) is 14.9 Å². The number of thioether (sulfide) groups is 1.